The van der Waals surface area contributed by atoms with Gasteiger partial charge in [0.2, 0.25) is 0 Å². The van der Waals surface area contributed by atoms with Crippen molar-refractivity contribution in [3.05, 3.63) is 35.9 Å². The van der Waals surface area contributed by atoms with Crippen LogP contribution in [0.2, 0.25) is 0 Å². The molecular formula is C44H76O10. The van der Waals surface area contributed by atoms with Gasteiger partial charge >= 0.3 is 5.97 Å². The van der Waals surface area contributed by atoms with E-state index in [1.165, 1.54) is 0 Å². The van der Waals surface area contributed by atoms with Crippen molar-refractivity contribution in [1.29, 1.82) is 0 Å². The Morgan fingerprint density at radius 2 is 1.02 bits per heavy atom. The molecule has 4 heterocycles. The lowest BCUT2D eigenvalue weighted by Gasteiger charge is -2.19. The topological polar surface area (TPSA) is 145 Å². The zero-order valence-electron chi connectivity index (χ0n) is 36.4. The van der Waals surface area contributed by atoms with E-state index in [1.807, 2.05) is 120 Å². The zero-order chi connectivity index (χ0) is 42.0. The molecule has 0 amide bonds. The fourth-order valence-electron chi connectivity index (χ4n) is 4.58. The molecule has 0 aliphatic carbocycles. The zero-order valence-corrected chi connectivity index (χ0v) is 36.4. The normalized spacial score (nSPS) is 28.8. The second kappa shape index (κ2) is 20.9. The number of rotatable bonds is 8. The lowest BCUT2D eigenvalue weighted by atomic mass is 9.82. The SMILES string of the molecule is C.CC.CC(=O)C1(C)OC1C.CC(=O)c1ccccc1.CC1OC1(C)C.CC1OC1(C)C(=O)C(C)(C)C.CC1OC1(C)C(=O)OCCCC(=O)C(C)(C)C. The summed E-state index contributed by atoms with van der Waals surface area (Å²) in [6.07, 6.45) is 1.70. The van der Waals surface area contributed by atoms with E-state index in [-0.39, 0.29) is 77.9 Å². The van der Waals surface area contributed by atoms with E-state index in [4.69, 9.17) is 23.7 Å². The highest BCUT2D eigenvalue weighted by molar-refractivity contribution is 5.94. The minimum atomic E-state index is -0.756. The number of epoxide rings is 4. The van der Waals surface area contributed by atoms with Gasteiger partial charge in [-0.05, 0) is 82.6 Å². The molecule has 7 atom stereocenters. The number of hydrogen-bond acceptors (Lipinski definition) is 10. The monoisotopic (exact) mass is 765 g/mol. The maximum Gasteiger partial charge on any atom is 0.340 e. The van der Waals surface area contributed by atoms with Crippen molar-refractivity contribution in [1.82, 2.24) is 0 Å². The molecule has 0 saturated carbocycles. The third kappa shape index (κ3) is 16.9. The van der Waals surface area contributed by atoms with Crippen LogP contribution in [0.4, 0.5) is 0 Å². The fourth-order valence-corrected chi connectivity index (χ4v) is 4.58. The standard InChI is InChI=1S/C13H22O4.C9H16O2.C8H8O.C6H10O2.C5H10O.C2H6.CH4/c1-9-13(5,17-9)11(15)16-8-6-7-10(14)12(2,3)4;1-6-9(5,11-6)7(10)8(2,3)4;1-7(9)8-5-3-2-4-6-8;1-4(7)6(3)5(2)8-6;1-4-5(2,3)6-4;1-2;/h9H,6-8H2,1-5H3;6H,1-5H3;2-6H,1H3;5H,1-3H3;4H,1-3H3;1-2H3;1H4. The molecule has 4 aliphatic heterocycles. The summed E-state index contributed by atoms with van der Waals surface area (Å²) in [4.78, 5) is 56.0. The number of carbonyl (C=O) groups is 5. The molecule has 312 valence electrons. The Bertz CT molecular complexity index is 1370. The van der Waals surface area contributed by atoms with Crippen LogP contribution in [0.5, 0.6) is 0 Å². The van der Waals surface area contributed by atoms with E-state index in [1.54, 1.807) is 20.8 Å². The predicted molar refractivity (Wildman–Crippen MR) is 216 cm³/mol. The third-order valence-corrected chi connectivity index (χ3v) is 9.86. The van der Waals surface area contributed by atoms with Gasteiger partial charge < -0.3 is 23.7 Å². The lowest BCUT2D eigenvalue weighted by molar-refractivity contribution is -0.149. The van der Waals surface area contributed by atoms with Gasteiger partial charge in [0.25, 0.3) is 0 Å². The number of benzene rings is 1. The fraction of sp³-hybridized carbons (Fsp3) is 0.750. The van der Waals surface area contributed by atoms with Crippen molar-refractivity contribution in [3.8, 4) is 0 Å². The van der Waals surface area contributed by atoms with Crippen molar-refractivity contribution in [2.75, 3.05) is 6.61 Å². The Balaban J connectivity index is 0. The number of esters is 1. The van der Waals surface area contributed by atoms with Crippen LogP contribution in [0.15, 0.2) is 30.3 Å². The van der Waals surface area contributed by atoms with Crippen LogP contribution in [-0.2, 0) is 42.9 Å². The largest absolute Gasteiger partial charge is 0.463 e. The molecule has 4 aliphatic rings. The first-order valence-corrected chi connectivity index (χ1v) is 19.0. The third-order valence-electron chi connectivity index (χ3n) is 9.86. The Morgan fingerprint density at radius 3 is 1.22 bits per heavy atom. The van der Waals surface area contributed by atoms with E-state index in [9.17, 15) is 24.0 Å². The summed E-state index contributed by atoms with van der Waals surface area (Å²) in [5.41, 5.74) is -1.28. The van der Waals surface area contributed by atoms with Crippen LogP contribution in [0, 0.1) is 10.8 Å². The van der Waals surface area contributed by atoms with Crippen LogP contribution < -0.4 is 0 Å². The van der Waals surface area contributed by atoms with E-state index in [0.717, 1.165) is 5.56 Å². The Morgan fingerprint density at radius 1 is 0.648 bits per heavy atom. The van der Waals surface area contributed by atoms with Crippen LogP contribution in [0.1, 0.15) is 162 Å². The van der Waals surface area contributed by atoms with Gasteiger partial charge in [-0.3, -0.25) is 19.2 Å². The van der Waals surface area contributed by atoms with E-state index in [2.05, 4.69) is 20.8 Å². The molecule has 1 aromatic carbocycles. The lowest BCUT2D eigenvalue weighted by Crippen LogP contribution is -2.34. The van der Waals surface area contributed by atoms with Gasteiger partial charge in [-0.1, -0.05) is 93.1 Å². The molecule has 0 N–H and O–H groups in total. The van der Waals surface area contributed by atoms with E-state index >= 15 is 0 Å². The maximum absolute atomic E-state index is 11.6. The summed E-state index contributed by atoms with van der Waals surface area (Å²) < 4.78 is 25.6. The number of ketones is 4. The Hall–Kier alpha value is -2.79. The summed E-state index contributed by atoms with van der Waals surface area (Å²) in [5.74, 6) is 0.321. The molecule has 4 fully saturated rings. The molecule has 4 saturated heterocycles. The van der Waals surface area contributed by atoms with Gasteiger partial charge in [0.1, 0.15) is 11.4 Å². The molecule has 10 heteroatoms. The van der Waals surface area contributed by atoms with E-state index < -0.39 is 16.8 Å². The van der Waals surface area contributed by atoms with Gasteiger partial charge in [0.15, 0.2) is 28.6 Å². The van der Waals surface area contributed by atoms with Crippen molar-refractivity contribution < 1.29 is 47.7 Å². The summed E-state index contributed by atoms with van der Waals surface area (Å²) in [6.45, 7) is 36.2. The van der Waals surface area contributed by atoms with Crippen LogP contribution in [0.25, 0.3) is 0 Å². The van der Waals surface area contributed by atoms with Crippen molar-refractivity contribution >= 4 is 29.1 Å². The quantitative estimate of drug-likeness (QED) is 0.109. The molecule has 54 heavy (non-hydrogen) atoms. The molecule has 7 unspecified atom stereocenters. The summed E-state index contributed by atoms with van der Waals surface area (Å²) in [7, 11) is 0. The highest BCUT2D eigenvalue weighted by atomic mass is 16.7. The van der Waals surface area contributed by atoms with Crippen LogP contribution in [-0.4, -0.2) is 82.5 Å². The van der Waals surface area contributed by atoms with Gasteiger partial charge in [-0.15, -0.1) is 0 Å². The Kier molecular flexibility index (Phi) is 20.7. The smallest absolute Gasteiger partial charge is 0.340 e. The van der Waals surface area contributed by atoms with Crippen molar-refractivity contribution in [2.45, 2.75) is 199 Å². The van der Waals surface area contributed by atoms with Crippen molar-refractivity contribution in [2.24, 2.45) is 10.8 Å². The predicted octanol–water partition coefficient (Wildman–Crippen LogP) is 9.37. The second-order valence-electron chi connectivity index (χ2n) is 16.9. The highest BCUT2D eigenvalue weighted by Crippen LogP contribution is 2.41. The molecule has 5 rings (SSSR count). The molecular weight excluding hydrogens is 688 g/mol. The molecule has 1 aromatic rings. The molecule has 0 bridgehead atoms. The Labute approximate surface area is 328 Å². The highest BCUT2D eigenvalue weighted by Gasteiger charge is 2.58. The van der Waals surface area contributed by atoms with Gasteiger partial charge in [0.05, 0.1) is 36.6 Å². The number of carbonyl (C=O) groups excluding carboxylic acids is 5. The second-order valence-corrected chi connectivity index (χ2v) is 16.9. The minimum Gasteiger partial charge on any atom is -0.463 e. The van der Waals surface area contributed by atoms with Crippen molar-refractivity contribution in [3.63, 3.8) is 0 Å². The summed E-state index contributed by atoms with van der Waals surface area (Å²) in [5, 5.41) is 0. The first-order valence-electron chi connectivity index (χ1n) is 19.0. The summed E-state index contributed by atoms with van der Waals surface area (Å²) in [6, 6.07) is 9.23. The first kappa shape index (κ1) is 53.3. The average molecular weight is 765 g/mol. The summed E-state index contributed by atoms with van der Waals surface area (Å²) >= 11 is 0. The van der Waals surface area contributed by atoms with Gasteiger partial charge in [0, 0.05) is 22.8 Å². The number of Topliss-reactive ketones (excluding diaryl/α,β-unsaturated/α-hetero) is 4. The number of hydrogen-bond donors (Lipinski definition) is 0. The van der Waals surface area contributed by atoms with Crippen LogP contribution >= 0.6 is 0 Å². The van der Waals surface area contributed by atoms with Gasteiger partial charge in [-0.25, -0.2) is 4.79 Å². The van der Waals surface area contributed by atoms with E-state index in [0.29, 0.717) is 18.9 Å². The molecule has 10 nitrogen and oxygen atoms in total. The van der Waals surface area contributed by atoms with Crippen LogP contribution in [0.3, 0.4) is 0 Å². The first-order chi connectivity index (χ1) is 24.0. The maximum atomic E-state index is 11.6. The number of ether oxygens (including phenoxy) is 5. The molecule has 0 radical (unpaired) electrons. The minimum absolute atomic E-state index is 0. The average Bonchev–Trinajstić information content (AvgIpc) is 4.03. The molecule has 0 aromatic heterocycles. The molecule has 0 spiro atoms. The van der Waals surface area contributed by atoms with Gasteiger partial charge in [-0.2, -0.15) is 0 Å².